The van der Waals surface area contributed by atoms with Gasteiger partial charge in [0.15, 0.2) is 0 Å². The van der Waals surface area contributed by atoms with Gasteiger partial charge in [0.25, 0.3) is 0 Å². The number of pyridine rings is 1. The molecular weight excluding hydrogens is 288 g/mol. The molecule has 1 aromatic rings. The van der Waals surface area contributed by atoms with Crippen LogP contribution >= 0.6 is 0 Å². The van der Waals surface area contributed by atoms with Gasteiger partial charge in [-0.3, -0.25) is 9.88 Å². The Labute approximate surface area is 127 Å². The summed E-state index contributed by atoms with van der Waals surface area (Å²) in [6, 6.07) is 3.76. The zero-order chi connectivity index (χ0) is 15.5. The zero-order valence-electron chi connectivity index (χ0n) is 12.7. The van der Waals surface area contributed by atoms with Gasteiger partial charge in [-0.25, -0.2) is 8.42 Å². The molecule has 1 atom stereocenters. The van der Waals surface area contributed by atoms with E-state index in [2.05, 4.69) is 23.7 Å². The minimum Gasteiger partial charge on any atom is -0.325 e. The van der Waals surface area contributed by atoms with E-state index in [4.69, 9.17) is 5.73 Å². The van der Waals surface area contributed by atoms with E-state index < -0.39 is 10.0 Å². The van der Waals surface area contributed by atoms with E-state index >= 15 is 0 Å². The molecule has 2 rings (SSSR count). The second-order valence-electron chi connectivity index (χ2n) is 5.39. The first-order valence-corrected chi connectivity index (χ1v) is 8.82. The maximum Gasteiger partial charge on any atom is 0.244 e. The van der Waals surface area contributed by atoms with Gasteiger partial charge in [0, 0.05) is 45.0 Å². The standard InChI is InChI=1S/C14H24N4O2S/c1-3-12(2)17-6-8-18(9-7-17)21(19,20)14-5-4-13(10-15)16-11-14/h4-5,11-12H,3,6-10,15H2,1-2H3. The molecule has 1 aliphatic rings. The number of hydrogen-bond acceptors (Lipinski definition) is 5. The van der Waals surface area contributed by atoms with Crippen LogP contribution in [0.3, 0.4) is 0 Å². The number of aromatic nitrogens is 1. The van der Waals surface area contributed by atoms with Crippen molar-refractivity contribution in [3.05, 3.63) is 24.0 Å². The number of nitrogens with two attached hydrogens (primary N) is 1. The smallest absolute Gasteiger partial charge is 0.244 e. The Morgan fingerprint density at radius 1 is 1.29 bits per heavy atom. The fraction of sp³-hybridized carbons (Fsp3) is 0.643. The maximum atomic E-state index is 12.6. The highest BCUT2D eigenvalue weighted by Gasteiger charge is 2.29. The van der Waals surface area contributed by atoms with Crippen LogP contribution in [0.4, 0.5) is 0 Å². The SMILES string of the molecule is CCC(C)N1CCN(S(=O)(=O)c2ccc(CN)nc2)CC1. The third-order valence-electron chi connectivity index (χ3n) is 4.13. The number of sulfonamides is 1. The summed E-state index contributed by atoms with van der Waals surface area (Å²) in [4.78, 5) is 6.66. The lowest BCUT2D eigenvalue weighted by Gasteiger charge is -2.37. The first-order valence-electron chi connectivity index (χ1n) is 7.38. The number of hydrogen-bond donors (Lipinski definition) is 1. The predicted molar refractivity (Wildman–Crippen MR) is 82.2 cm³/mol. The lowest BCUT2D eigenvalue weighted by molar-refractivity contribution is 0.142. The minimum absolute atomic E-state index is 0.247. The first kappa shape index (κ1) is 16.4. The van der Waals surface area contributed by atoms with Gasteiger partial charge in [0.1, 0.15) is 4.90 Å². The second kappa shape index (κ2) is 6.83. The van der Waals surface area contributed by atoms with Crippen LogP contribution in [0.1, 0.15) is 26.0 Å². The van der Waals surface area contributed by atoms with E-state index in [1.165, 1.54) is 6.20 Å². The molecular formula is C14H24N4O2S. The Hall–Kier alpha value is -1.02. The van der Waals surface area contributed by atoms with Gasteiger partial charge in [0.05, 0.1) is 5.69 Å². The van der Waals surface area contributed by atoms with Gasteiger partial charge in [-0.05, 0) is 25.5 Å². The Bertz CT molecular complexity index is 551. The molecule has 118 valence electrons. The molecule has 0 radical (unpaired) electrons. The molecule has 0 bridgehead atoms. The van der Waals surface area contributed by atoms with E-state index in [0.29, 0.717) is 31.4 Å². The van der Waals surface area contributed by atoms with Crippen LogP contribution in [0, 0.1) is 0 Å². The minimum atomic E-state index is -3.44. The molecule has 0 aliphatic carbocycles. The fourth-order valence-corrected chi connectivity index (χ4v) is 3.84. The van der Waals surface area contributed by atoms with E-state index in [1.54, 1.807) is 16.4 Å². The van der Waals surface area contributed by atoms with E-state index in [1.807, 2.05) is 0 Å². The summed E-state index contributed by atoms with van der Waals surface area (Å²) in [6.45, 7) is 7.27. The van der Waals surface area contributed by atoms with E-state index in [0.717, 1.165) is 19.5 Å². The van der Waals surface area contributed by atoms with Crippen molar-refractivity contribution in [3.63, 3.8) is 0 Å². The van der Waals surface area contributed by atoms with Crippen LogP contribution in [0.15, 0.2) is 23.2 Å². The molecule has 6 nitrogen and oxygen atoms in total. The van der Waals surface area contributed by atoms with Crippen LogP contribution < -0.4 is 5.73 Å². The predicted octanol–water partition coefficient (Wildman–Crippen LogP) is 0.645. The van der Waals surface area contributed by atoms with Crippen LogP contribution in [-0.4, -0.2) is 54.8 Å². The van der Waals surface area contributed by atoms with E-state index in [9.17, 15) is 8.42 Å². The van der Waals surface area contributed by atoms with Crippen molar-refractivity contribution < 1.29 is 8.42 Å². The Kier molecular flexibility index (Phi) is 5.32. The first-order chi connectivity index (χ1) is 9.98. The Morgan fingerprint density at radius 3 is 2.43 bits per heavy atom. The topological polar surface area (TPSA) is 79.5 Å². The highest BCUT2D eigenvalue weighted by atomic mass is 32.2. The Morgan fingerprint density at radius 2 is 1.95 bits per heavy atom. The molecule has 0 spiro atoms. The van der Waals surface area contributed by atoms with Crippen LogP contribution in [0.2, 0.25) is 0 Å². The molecule has 0 aromatic carbocycles. The summed E-state index contributed by atoms with van der Waals surface area (Å²) < 4.78 is 26.7. The summed E-state index contributed by atoms with van der Waals surface area (Å²) in [5, 5.41) is 0. The van der Waals surface area contributed by atoms with Gasteiger partial charge in [-0.1, -0.05) is 6.92 Å². The summed E-state index contributed by atoms with van der Waals surface area (Å²) >= 11 is 0. The molecule has 0 amide bonds. The normalized spacial score (nSPS) is 19.6. The van der Waals surface area contributed by atoms with Crippen LogP contribution in [0.5, 0.6) is 0 Å². The van der Waals surface area contributed by atoms with Crippen molar-refractivity contribution in [1.29, 1.82) is 0 Å². The number of rotatable bonds is 5. The molecule has 7 heteroatoms. The van der Waals surface area contributed by atoms with Crippen molar-refractivity contribution in [1.82, 2.24) is 14.2 Å². The summed E-state index contributed by atoms with van der Waals surface area (Å²) in [5.41, 5.74) is 6.17. The molecule has 21 heavy (non-hydrogen) atoms. The molecule has 2 heterocycles. The van der Waals surface area contributed by atoms with E-state index in [-0.39, 0.29) is 4.90 Å². The van der Waals surface area contributed by atoms with Crippen molar-refractivity contribution in [3.8, 4) is 0 Å². The van der Waals surface area contributed by atoms with Gasteiger partial charge in [-0.2, -0.15) is 4.31 Å². The molecule has 1 unspecified atom stereocenters. The third-order valence-corrected chi connectivity index (χ3v) is 6.01. The molecule has 2 N–H and O–H groups in total. The largest absolute Gasteiger partial charge is 0.325 e. The van der Waals surface area contributed by atoms with Gasteiger partial charge in [0.2, 0.25) is 10.0 Å². The zero-order valence-corrected chi connectivity index (χ0v) is 13.5. The van der Waals surface area contributed by atoms with Gasteiger partial charge >= 0.3 is 0 Å². The monoisotopic (exact) mass is 312 g/mol. The van der Waals surface area contributed by atoms with Crippen LogP contribution in [-0.2, 0) is 16.6 Å². The number of piperazine rings is 1. The number of nitrogens with zero attached hydrogens (tertiary/aromatic N) is 3. The Balaban J connectivity index is 2.07. The maximum absolute atomic E-state index is 12.6. The van der Waals surface area contributed by atoms with Crippen molar-refractivity contribution in [2.45, 2.75) is 37.8 Å². The molecule has 0 saturated carbocycles. The highest BCUT2D eigenvalue weighted by molar-refractivity contribution is 7.89. The van der Waals surface area contributed by atoms with Crippen LogP contribution in [0.25, 0.3) is 0 Å². The van der Waals surface area contributed by atoms with Gasteiger partial charge in [-0.15, -0.1) is 0 Å². The fourth-order valence-electron chi connectivity index (χ4n) is 2.48. The summed E-state index contributed by atoms with van der Waals surface area (Å²) in [5.74, 6) is 0. The molecule has 1 saturated heterocycles. The van der Waals surface area contributed by atoms with Crippen molar-refractivity contribution in [2.24, 2.45) is 5.73 Å². The molecule has 1 fully saturated rings. The lowest BCUT2D eigenvalue weighted by atomic mass is 10.2. The quantitative estimate of drug-likeness (QED) is 0.863. The lowest BCUT2D eigenvalue weighted by Crippen LogP contribution is -2.51. The van der Waals surface area contributed by atoms with Gasteiger partial charge < -0.3 is 5.73 Å². The molecule has 1 aromatic heterocycles. The van der Waals surface area contributed by atoms with Crippen molar-refractivity contribution >= 4 is 10.0 Å². The van der Waals surface area contributed by atoms with Crippen molar-refractivity contribution in [2.75, 3.05) is 26.2 Å². The second-order valence-corrected chi connectivity index (χ2v) is 7.32. The molecule has 1 aliphatic heterocycles. The third kappa shape index (κ3) is 3.60. The highest BCUT2D eigenvalue weighted by Crippen LogP contribution is 2.18. The average molecular weight is 312 g/mol. The average Bonchev–Trinajstić information content (AvgIpc) is 2.54. The summed E-state index contributed by atoms with van der Waals surface area (Å²) in [7, 11) is -3.44. The summed E-state index contributed by atoms with van der Waals surface area (Å²) in [6.07, 6.45) is 2.48.